The van der Waals surface area contributed by atoms with E-state index in [-0.39, 0.29) is 12.1 Å². The zero-order valence-corrected chi connectivity index (χ0v) is 17.5. The van der Waals surface area contributed by atoms with E-state index in [1.54, 1.807) is 11.3 Å². The average molecular weight is 416 g/mol. The first kappa shape index (κ1) is 20.5. The molecule has 0 spiro atoms. The zero-order valence-electron chi connectivity index (χ0n) is 17.5. The van der Waals surface area contributed by atoms with Crippen LogP contribution in [-0.4, -0.2) is 33.3 Å². The van der Waals surface area contributed by atoms with Crippen molar-refractivity contribution >= 4 is 22.4 Å². The fraction of sp³-hybridized carbons (Fsp3) is 0.250. The van der Waals surface area contributed by atoms with Crippen LogP contribution in [0.4, 0.5) is 5.69 Å². The van der Waals surface area contributed by atoms with E-state index < -0.39 is 6.10 Å². The molecule has 0 unspecified atom stereocenters. The summed E-state index contributed by atoms with van der Waals surface area (Å²) in [5, 5.41) is 23.7. The normalized spacial score (nSPS) is 12.1. The number of benzene rings is 2. The summed E-state index contributed by atoms with van der Waals surface area (Å²) in [7, 11) is 0. The van der Waals surface area contributed by atoms with Crippen molar-refractivity contribution in [1.82, 2.24) is 8.97 Å². The molecule has 0 aliphatic rings. The maximum Gasteiger partial charge on any atom is 0.257 e. The number of fused-ring (bicyclic) bond motifs is 3. The van der Waals surface area contributed by atoms with Crippen molar-refractivity contribution in [2.24, 2.45) is 0 Å². The number of para-hydroxylation sites is 2. The topological polar surface area (TPSA) is 91.7 Å². The number of nitrogens with zero attached hydrogens (tertiary/aromatic N) is 3. The summed E-state index contributed by atoms with van der Waals surface area (Å²) in [6.45, 7) is 4.84. The molecule has 0 aliphatic carbocycles. The van der Waals surface area contributed by atoms with Crippen LogP contribution in [0.25, 0.3) is 16.7 Å². The van der Waals surface area contributed by atoms with Gasteiger partial charge in [-0.15, -0.1) is 0 Å². The van der Waals surface area contributed by atoms with Crippen LogP contribution < -0.4 is 15.6 Å². The Morgan fingerprint density at radius 3 is 2.55 bits per heavy atom. The van der Waals surface area contributed by atoms with E-state index >= 15 is 0 Å². The van der Waals surface area contributed by atoms with Crippen molar-refractivity contribution < 1.29 is 9.84 Å². The van der Waals surface area contributed by atoms with Crippen LogP contribution >= 0.6 is 0 Å². The Balaban J connectivity index is 1.65. The van der Waals surface area contributed by atoms with E-state index in [1.165, 1.54) is 6.07 Å². The lowest BCUT2D eigenvalue weighted by atomic mass is 10.1. The van der Waals surface area contributed by atoms with Gasteiger partial charge in [-0.1, -0.05) is 12.1 Å². The number of anilines is 1. The minimum absolute atomic E-state index is 0.191. The maximum atomic E-state index is 12.7. The van der Waals surface area contributed by atoms with Gasteiger partial charge < -0.3 is 19.7 Å². The van der Waals surface area contributed by atoms with Gasteiger partial charge in [0.25, 0.3) is 5.56 Å². The monoisotopic (exact) mass is 416 g/mol. The molecule has 0 radical (unpaired) electrons. The summed E-state index contributed by atoms with van der Waals surface area (Å²) in [6, 6.07) is 18.7. The number of imidazole rings is 1. The number of pyridine rings is 1. The number of aryl methyl sites for hydroxylation is 1. The molecule has 158 valence electrons. The van der Waals surface area contributed by atoms with E-state index in [0.717, 1.165) is 17.0 Å². The highest BCUT2D eigenvalue weighted by molar-refractivity contribution is 5.84. The largest absolute Gasteiger partial charge is 0.494 e. The molecule has 2 heterocycles. The highest BCUT2D eigenvalue weighted by atomic mass is 16.5. The minimum Gasteiger partial charge on any atom is -0.494 e. The van der Waals surface area contributed by atoms with Crippen LogP contribution in [0, 0.1) is 18.3 Å². The van der Waals surface area contributed by atoms with Crippen molar-refractivity contribution in [1.29, 1.82) is 5.26 Å². The standard InChI is InChI=1S/C24H24N4O3/c1-3-31-19-10-8-17(9-11-19)26-14-18(29)15-27-21-6-4-5-7-22(21)28-23(30)12-16(2)20(13-25)24(27)28/h4-12,18,26,29H,3,14-15H2,1-2H3/t18-/m1/s1. The van der Waals surface area contributed by atoms with Gasteiger partial charge in [0.2, 0.25) is 0 Å². The molecule has 0 bridgehead atoms. The van der Waals surface area contributed by atoms with Crippen molar-refractivity contribution in [3.63, 3.8) is 0 Å². The average Bonchev–Trinajstić information content (AvgIpc) is 3.08. The highest BCUT2D eigenvalue weighted by Crippen LogP contribution is 2.24. The second kappa shape index (κ2) is 8.54. The lowest BCUT2D eigenvalue weighted by Crippen LogP contribution is -2.25. The van der Waals surface area contributed by atoms with Gasteiger partial charge in [0, 0.05) is 18.3 Å². The molecule has 2 aromatic heterocycles. The summed E-state index contributed by atoms with van der Waals surface area (Å²) in [6.07, 6.45) is -0.742. The Labute approximate surface area is 179 Å². The number of aliphatic hydroxyl groups excluding tert-OH is 1. The van der Waals surface area contributed by atoms with E-state index in [1.807, 2.05) is 60.0 Å². The third-order valence-corrected chi connectivity index (χ3v) is 5.27. The first-order valence-electron chi connectivity index (χ1n) is 10.2. The van der Waals surface area contributed by atoms with Crippen LogP contribution in [0.2, 0.25) is 0 Å². The number of aromatic nitrogens is 2. The first-order valence-corrected chi connectivity index (χ1v) is 10.2. The van der Waals surface area contributed by atoms with Gasteiger partial charge in [0.05, 0.1) is 35.9 Å². The van der Waals surface area contributed by atoms with Gasteiger partial charge in [-0.2, -0.15) is 5.26 Å². The van der Waals surface area contributed by atoms with Crippen LogP contribution in [0.5, 0.6) is 5.75 Å². The zero-order chi connectivity index (χ0) is 22.0. The van der Waals surface area contributed by atoms with Crippen LogP contribution in [0.3, 0.4) is 0 Å². The Morgan fingerprint density at radius 2 is 1.87 bits per heavy atom. The number of aliphatic hydroxyl groups is 1. The SMILES string of the molecule is CCOc1ccc(NC[C@@H](O)Cn2c3ccccc3n3c(=O)cc(C)c(C#N)c23)cc1. The van der Waals surface area contributed by atoms with Gasteiger partial charge in [-0.3, -0.25) is 9.20 Å². The van der Waals surface area contributed by atoms with Crippen molar-refractivity contribution in [3.05, 3.63) is 76.1 Å². The molecule has 0 saturated carbocycles. The fourth-order valence-corrected chi connectivity index (χ4v) is 3.87. The molecule has 4 rings (SSSR count). The molecule has 0 fully saturated rings. The lowest BCUT2D eigenvalue weighted by molar-refractivity contribution is 0.169. The molecule has 0 aliphatic heterocycles. The molecule has 1 atom stereocenters. The summed E-state index contributed by atoms with van der Waals surface area (Å²) >= 11 is 0. The second-order valence-electron chi connectivity index (χ2n) is 7.40. The van der Waals surface area contributed by atoms with E-state index in [9.17, 15) is 15.2 Å². The van der Waals surface area contributed by atoms with Gasteiger partial charge in [-0.05, 0) is 55.8 Å². The number of nitrogens with one attached hydrogen (secondary N) is 1. The number of hydrogen-bond donors (Lipinski definition) is 2. The molecule has 2 N–H and O–H groups in total. The first-order chi connectivity index (χ1) is 15.0. The Morgan fingerprint density at radius 1 is 1.16 bits per heavy atom. The number of rotatable bonds is 7. The van der Waals surface area contributed by atoms with Crippen molar-refractivity contribution in [3.8, 4) is 11.8 Å². The van der Waals surface area contributed by atoms with E-state index in [0.29, 0.717) is 35.4 Å². The van der Waals surface area contributed by atoms with Crippen LogP contribution in [0.1, 0.15) is 18.1 Å². The molecule has 4 aromatic rings. The van der Waals surface area contributed by atoms with Crippen LogP contribution in [0.15, 0.2) is 59.4 Å². The molecule has 31 heavy (non-hydrogen) atoms. The van der Waals surface area contributed by atoms with E-state index in [2.05, 4.69) is 11.4 Å². The van der Waals surface area contributed by atoms with E-state index in [4.69, 9.17) is 4.74 Å². The van der Waals surface area contributed by atoms with Crippen LogP contribution in [-0.2, 0) is 6.54 Å². The minimum atomic E-state index is -0.742. The fourth-order valence-electron chi connectivity index (χ4n) is 3.87. The molecule has 7 nitrogen and oxygen atoms in total. The molecular formula is C24H24N4O3. The molecule has 2 aromatic carbocycles. The summed E-state index contributed by atoms with van der Waals surface area (Å²) < 4.78 is 8.85. The Bertz CT molecular complexity index is 1330. The lowest BCUT2D eigenvalue weighted by Gasteiger charge is -2.16. The summed E-state index contributed by atoms with van der Waals surface area (Å²) in [5.41, 5.74) is 3.75. The van der Waals surface area contributed by atoms with Crippen molar-refractivity contribution in [2.45, 2.75) is 26.5 Å². The van der Waals surface area contributed by atoms with Crippen molar-refractivity contribution in [2.75, 3.05) is 18.5 Å². The Kier molecular flexibility index (Phi) is 5.65. The number of nitriles is 1. The smallest absolute Gasteiger partial charge is 0.257 e. The number of hydrogen-bond acceptors (Lipinski definition) is 5. The molecule has 0 amide bonds. The molecule has 7 heteroatoms. The van der Waals surface area contributed by atoms with Gasteiger partial charge in [0.1, 0.15) is 17.5 Å². The third kappa shape index (κ3) is 3.86. The van der Waals surface area contributed by atoms with Gasteiger partial charge >= 0.3 is 0 Å². The second-order valence-corrected chi connectivity index (χ2v) is 7.40. The summed E-state index contributed by atoms with van der Waals surface area (Å²) in [5.74, 6) is 0.795. The van der Waals surface area contributed by atoms with Gasteiger partial charge in [0.15, 0.2) is 0 Å². The molecule has 0 saturated heterocycles. The molecular weight excluding hydrogens is 392 g/mol. The maximum absolute atomic E-state index is 12.7. The Hall–Kier alpha value is -3.76. The highest BCUT2D eigenvalue weighted by Gasteiger charge is 2.19. The third-order valence-electron chi connectivity index (χ3n) is 5.27. The predicted molar refractivity (Wildman–Crippen MR) is 121 cm³/mol. The predicted octanol–water partition coefficient (Wildman–Crippen LogP) is 3.31. The summed E-state index contributed by atoms with van der Waals surface area (Å²) in [4.78, 5) is 12.7. The van der Waals surface area contributed by atoms with Gasteiger partial charge in [-0.25, -0.2) is 0 Å². The number of ether oxygens (including phenoxy) is 1. The quantitative estimate of drug-likeness (QED) is 0.482.